The van der Waals surface area contributed by atoms with Gasteiger partial charge >= 0.3 is 5.97 Å². The van der Waals surface area contributed by atoms with Crippen LogP contribution in [0.3, 0.4) is 0 Å². The Hall–Kier alpha value is -1.20. The summed E-state index contributed by atoms with van der Waals surface area (Å²) < 4.78 is 0. The predicted octanol–water partition coefficient (Wildman–Crippen LogP) is -0.262. The molecule has 0 saturated carbocycles. The van der Waals surface area contributed by atoms with Crippen LogP contribution < -0.4 is 0 Å². The van der Waals surface area contributed by atoms with Gasteiger partial charge in [0.05, 0.1) is 5.57 Å². The third-order valence-corrected chi connectivity index (χ3v) is 1.48. The maximum atomic E-state index is 10.5. The second kappa shape index (κ2) is 2.14. The minimum absolute atomic E-state index is 0.142. The summed E-state index contributed by atoms with van der Waals surface area (Å²) in [5, 5.41) is 8.58. The average molecular weight is 155 g/mol. The van der Waals surface area contributed by atoms with Gasteiger partial charge in [0, 0.05) is 6.21 Å². The average Bonchev–Trinajstić information content (AvgIpc) is 2.06. The van der Waals surface area contributed by atoms with E-state index in [1.807, 2.05) is 0 Å². The first-order valence-electron chi connectivity index (χ1n) is 3.08. The van der Waals surface area contributed by atoms with Crippen LogP contribution in [0.25, 0.3) is 0 Å². The minimum Gasteiger partial charge on any atom is -0.478 e. The number of aliphatic imine (C=N–C) groups is 1. The lowest BCUT2D eigenvalue weighted by Crippen LogP contribution is -2.35. The van der Waals surface area contributed by atoms with Gasteiger partial charge in [-0.3, -0.25) is 4.99 Å². The van der Waals surface area contributed by atoms with Crippen molar-refractivity contribution in [2.75, 3.05) is 0 Å². The van der Waals surface area contributed by atoms with E-state index in [-0.39, 0.29) is 5.57 Å². The molecular weight excluding hydrogens is 150 g/mol. The molecule has 0 spiro atoms. The van der Waals surface area contributed by atoms with E-state index in [9.17, 15) is 4.79 Å². The maximum Gasteiger partial charge on any atom is 0.336 e. The Morgan fingerprint density at radius 1 is 1.64 bits per heavy atom. The molecule has 3 aliphatic heterocycles. The maximum absolute atomic E-state index is 10.5. The van der Waals surface area contributed by atoms with Crippen molar-refractivity contribution in [3.05, 3.63) is 11.6 Å². The first-order valence-corrected chi connectivity index (χ1v) is 3.08. The zero-order valence-corrected chi connectivity index (χ0v) is 5.43. The molecule has 3 aliphatic rings. The van der Waals surface area contributed by atoms with Crippen molar-refractivity contribution in [3.8, 4) is 0 Å². The fourth-order valence-electron chi connectivity index (χ4n) is 0.969. The van der Waals surface area contributed by atoms with Crippen molar-refractivity contribution in [1.29, 1.82) is 0 Å². The molecule has 0 aromatic rings. The van der Waals surface area contributed by atoms with E-state index in [1.165, 1.54) is 12.3 Å². The number of fused-ring (bicyclic) bond motifs is 1. The Kier molecular flexibility index (Phi) is 1.27. The molecule has 0 amide bonds. The van der Waals surface area contributed by atoms with Crippen molar-refractivity contribution < 1.29 is 19.7 Å². The first kappa shape index (κ1) is 6.51. The number of carboxylic acids is 1. The summed E-state index contributed by atoms with van der Waals surface area (Å²) in [6, 6.07) is 0. The molecule has 3 heterocycles. The lowest BCUT2D eigenvalue weighted by Gasteiger charge is -2.26. The summed E-state index contributed by atoms with van der Waals surface area (Å²) in [6.07, 6.45) is 1.77. The van der Waals surface area contributed by atoms with Gasteiger partial charge in [-0.15, -0.1) is 0 Å². The van der Waals surface area contributed by atoms with Gasteiger partial charge in [0.1, 0.15) is 6.10 Å². The summed E-state index contributed by atoms with van der Waals surface area (Å²) in [5.41, 5.74) is 0.142. The predicted molar refractivity (Wildman–Crippen MR) is 34.0 cm³/mol. The number of dihydropyridines is 1. The van der Waals surface area contributed by atoms with Gasteiger partial charge in [-0.1, -0.05) is 0 Å². The van der Waals surface area contributed by atoms with Crippen molar-refractivity contribution in [2.45, 2.75) is 12.3 Å². The summed E-state index contributed by atoms with van der Waals surface area (Å²) in [5.74, 6) is -1.01. The summed E-state index contributed by atoms with van der Waals surface area (Å²) in [6.45, 7) is 0. The van der Waals surface area contributed by atoms with Crippen LogP contribution in [-0.4, -0.2) is 29.6 Å². The molecule has 0 unspecified atom stereocenters. The molecule has 5 nitrogen and oxygen atoms in total. The molecule has 0 saturated heterocycles. The third-order valence-electron chi connectivity index (χ3n) is 1.48. The van der Waals surface area contributed by atoms with Gasteiger partial charge in [-0.05, 0) is 6.08 Å². The highest BCUT2D eigenvalue weighted by Gasteiger charge is 2.31. The molecular formula is C6H5NO4. The Labute approximate surface area is 61.9 Å². The fourth-order valence-corrected chi connectivity index (χ4v) is 0.969. The number of nitrogens with zero attached hydrogens (tertiary/aromatic N) is 1. The summed E-state index contributed by atoms with van der Waals surface area (Å²) in [7, 11) is 0. The van der Waals surface area contributed by atoms with Crippen LogP contribution in [0.1, 0.15) is 0 Å². The van der Waals surface area contributed by atoms with E-state index < -0.39 is 18.3 Å². The molecule has 0 aromatic carbocycles. The molecule has 0 radical (unpaired) electrons. The second-order valence-corrected chi connectivity index (χ2v) is 2.23. The highest BCUT2D eigenvalue weighted by molar-refractivity contribution is 5.90. The topological polar surface area (TPSA) is 68.1 Å². The molecule has 2 bridgehead atoms. The van der Waals surface area contributed by atoms with Crippen molar-refractivity contribution in [3.63, 3.8) is 0 Å². The zero-order valence-electron chi connectivity index (χ0n) is 5.43. The fraction of sp³-hybridized carbons (Fsp3) is 0.333. The lowest BCUT2D eigenvalue weighted by molar-refractivity contribution is -0.333. The number of hydrogen-bond acceptors (Lipinski definition) is 4. The molecule has 5 heteroatoms. The smallest absolute Gasteiger partial charge is 0.336 e. The van der Waals surface area contributed by atoms with E-state index in [4.69, 9.17) is 5.11 Å². The first-order chi connectivity index (χ1) is 5.27. The summed E-state index contributed by atoms with van der Waals surface area (Å²) in [4.78, 5) is 23.5. The Balaban J connectivity index is 2.31. The lowest BCUT2D eigenvalue weighted by atomic mass is 10.1. The van der Waals surface area contributed by atoms with Crippen LogP contribution in [-0.2, 0) is 14.6 Å². The van der Waals surface area contributed by atoms with Gasteiger partial charge in [0.25, 0.3) is 0 Å². The van der Waals surface area contributed by atoms with E-state index >= 15 is 0 Å². The second-order valence-electron chi connectivity index (χ2n) is 2.23. The number of carboxylic acid groups (broad SMARTS) is 1. The highest BCUT2D eigenvalue weighted by atomic mass is 17.2. The van der Waals surface area contributed by atoms with E-state index in [0.717, 1.165) is 0 Å². The van der Waals surface area contributed by atoms with Gasteiger partial charge in [0.15, 0.2) is 0 Å². The Morgan fingerprint density at radius 2 is 2.45 bits per heavy atom. The van der Waals surface area contributed by atoms with E-state index in [1.54, 1.807) is 0 Å². The monoisotopic (exact) mass is 155 g/mol. The SMILES string of the molecule is O=C(O)C1=C[C@H]2C=N[C@H]1OO2. The summed E-state index contributed by atoms with van der Waals surface area (Å²) >= 11 is 0. The standard InChI is InChI=1S/C6H5NO4/c8-6(9)4-1-3-2-7-5(4)11-10-3/h1-3,5H,(H,8,9)/t3-,5-/m0/s1. The minimum atomic E-state index is -1.01. The van der Waals surface area contributed by atoms with E-state index in [0.29, 0.717) is 0 Å². The molecule has 3 rings (SSSR count). The molecule has 0 fully saturated rings. The van der Waals surface area contributed by atoms with Crippen molar-refractivity contribution in [1.82, 2.24) is 0 Å². The molecule has 1 N–H and O–H groups in total. The molecule has 0 aromatic heterocycles. The normalized spacial score (nSPS) is 33.6. The Bertz CT molecular complexity index is 257. The Morgan fingerprint density at radius 3 is 2.73 bits per heavy atom. The number of aliphatic carboxylic acids is 1. The largest absolute Gasteiger partial charge is 0.478 e. The van der Waals surface area contributed by atoms with Gasteiger partial charge < -0.3 is 5.11 Å². The van der Waals surface area contributed by atoms with Crippen LogP contribution >= 0.6 is 0 Å². The zero-order chi connectivity index (χ0) is 7.84. The van der Waals surface area contributed by atoms with Gasteiger partial charge in [-0.2, -0.15) is 0 Å². The van der Waals surface area contributed by atoms with Crippen LogP contribution in [0.4, 0.5) is 0 Å². The van der Waals surface area contributed by atoms with E-state index in [2.05, 4.69) is 14.8 Å². The van der Waals surface area contributed by atoms with Crippen LogP contribution in [0.2, 0.25) is 0 Å². The molecule has 11 heavy (non-hydrogen) atoms. The van der Waals surface area contributed by atoms with Crippen molar-refractivity contribution in [2.24, 2.45) is 4.99 Å². The number of carbonyl (C=O) groups is 1. The molecule has 2 atom stereocenters. The quantitative estimate of drug-likeness (QED) is 0.529. The number of rotatable bonds is 1. The van der Waals surface area contributed by atoms with Crippen LogP contribution in [0, 0.1) is 0 Å². The third kappa shape index (κ3) is 0.941. The van der Waals surface area contributed by atoms with Gasteiger partial charge in [0.2, 0.25) is 6.23 Å². The molecule has 58 valence electrons. The number of hydrogen-bond donors (Lipinski definition) is 1. The van der Waals surface area contributed by atoms with Crippen molar-refractivity contribution >= 4 is 12.2 Å². The van der Waals surface area contributed by atoms with Crippen LogP contribution in [0.5, 0.6) is 0 Å². The molecule has 0 aliphatic carbocycles. The van der Waals surface area contributed by atoms with Gasteiger partial charge in [-0.25, -0.2) is 14.6 Å². The van der Waals surface area contributed by atoms with Crippen LogP contribution in [0.15, 0.2) is 16.6 Å². The highest BCUT2D eigenvalue weighted by Crippen LogP contribution is 2.21.